The molecule has 3 fully saturated rings. The van der Waals surface area contributed by atoms with Crippen LogP contribution in [0.4, 0.5) is 5.69 Å². The van der Waals surface area contributed by atoms with Gasteiger partial charge < -0.3 is 24.3 Å². The van der Waals surface area contributed by atoms with E-state index in [9.17, 15) is 14.4 Å². The van der Waals surface area contributed by atoms with Crippen LogP contribution >= 0.6 is 0 Å². The van der Waals surface area contributed by atoms with Crippen molar-refractivity contribution in [3.63, 3.8) is 0 Å². The minimum atomic E-state index is -0.733. The fourth-order valence-corrected chi connectivity index (χ4v) is 5.58. The van der Waals surface area contributed by atoms with Gasteiger partial charge in [0.1, 0.15) is 12.1 Å². The Hall–Kier alpha value is -3.39. The van der Waals surface area contributed by atoms with Crippen molar-refractivity contribution in [2.24, 2.45) is 0 Å². The largest absolute Gasteiger partial charge is 0.378 e. The topological polar surface area (TPSA) is 73.4 Å². The van der Waals surface area contributed by atoms with Crippen molar-refractivity contribution in [2.45, 2.75) is 31.2 Å². The number of likely N-dealkylation sites (tertiary alicyclic amines) is 1. The van der Waals surface area contributed by atoms with Crippen LogP contribution in [0.2, 0.25) is 0 Å². The van der Waals surface area contributed by atoms with Gasteiger partial charge in [0.2, 0.25) is 11.8 Å². The molecule has 36 heavy (non-hydrogen) atoms. The van der Waals surface area contributed by atoms with Crippen molar-refractivity contribution in [1.82, 2.24) is 14.7 Å². The van der Waals surface area contributed by atoms with Gasteiger partial charge in [-0.25, -0.2) is 0 Å². The number of morpholine rings is 1. The monoisotopic (exact) mass is 490 g/mol. The van der Waals surface area contributed by atoms with Crippen LogP contribution in [-0.2, 0) is 25.5 Å². The van der Waals surface area contributed by atoms with Gasteiger partial charge in [0.25, 0.3) is 5.91 Å². The first kappa shape index (κ1) is 24.3. The number of benzene rings is 2. The third-order valence-corrected chi connectivity index (χ3v) is 7.69. The normalized spacial score (nSPS) is 19.7. The predicted octanol–water partition coefficient (Wildman–Crippen LogP) is 2.15. The van der Waals surface area contributed by atoms with Crippen LogP contribution in [0.3, 0.4) is 0 Å². The molecule has 3 amide bonds. The molecule has 0 aromatic heterocycles. The summed E-state index contributed by atoms with van der Waals surface area (Å²) in [4.78, 5) is 47.3. The van der Waals surface area contributed by atoms with E-state index in [1.54, 1.807) is 9.80 Å². The number of carbonyl (C=O) groups is 3. The molecule has 0 atom stereocenters. The minimum Gasteiger partial charge on any atom is -0.378 e. The van der Waals surface area contributed by atoms with Gasteiger partial charge in [0.15, 0.2) is 0 Å². The number of aryl methyl sites for hydroxylation is 1. The summed E-state index contributed by atoms with van der Waals surface area (Å²) in [6, 6.07) is 20.0. The SMILES string of the molecule is O=C(CCc1ccccc1)N1CCC2(CC1)C(=O)N(CC(=O)N1CCOCC1)CN2c1ccccc1. The first-order valence-electron chi connectivity index (χ1n) is 12.9. The van der Waals surface area contributed by atoms with Crippen molar-refractivity contribution >= 4 is 23.4 Å². The average Bonchev–Trinajstić information content (AvgIpc) is 3.19. The fourth-order valence-electron chi connectivity index (χ4n) is 5.58. The molecular formula is C28H34N4O4. The molecule has 0 saturated carbocycles. The van der Waals surface area contributed by atoms with Gasteiger partial charge in [-0.1, -0.05) is 48.5 Å². The first-order chi connectivity index (χ1) is 17.6. The number of amides is 3. The molecule has 8 nitrogen and oxygen atoms in total. The molecule has 2 aromatic carbocycles. The zero-order valence-corrected chi connectivity index (χ0v) is 20.7. The van der Waals surface area contributed by atoms with Gasteiger partial charge in [-0.15, -0.1) is 0 Å². The van der Waals surface area contributed by atoms with Crippen LogP contribution in [0, 0.1) is 0 Å². The van der Waals surface area contributed by atoms with E-state index in [1.165, 1.54) is 0 Å². The average molecular weight is 491 g/mol. The summed E-state index contributed by atoms with van der Waals surface area (Å²) in [5, 5.41) is 0. The number of hydrogen-bond acceptors (Lipinski definition) is 5. The maximum Gasteiger partial charge on any atom is 0.250 e. The smallest absolute Gasteiger partial charge is 0.250 e. The summed E-state index contributed by atoms with van der Waals surface area (Å²) in [5.41, 5.74) is 1.39. The second kappa shape index (κ2) is 10.7. The molecule has 3 aliphatic heterocycles. The van der Waals surface area contributed by atoms with Crippen molar-refractivity contribution < 1.29 is 19.1 Å². The van der Waals surface area contributed by atoms with Gasteiger partial charge in [0, 0.05) is 38.3 Å². The molecule has 3 saturated heterocycles. The summed E-state index contributed by atoms with van der Waals surface area (Å²) in [6.45, 7) is 3.72. The standard InChI is InChI=1S/C28H34N4O4/c33-25(12-11-23-7-3-1-4-8-23)29-15-13-28(14-16-29)27(35)31(21-26(34)30-17-19-36-20-18-30)22-32(28)24-9-5-2-6-10-24/h1-10H,11-22H2. The number of para-hydroxylation sites is 1. The molecule has 0 N–H and O–H groups in total. The van der Waals surface area contributed by atoms with Crippen molar-refractivity contribution in [2.75, 3.05) is 57.5 Å². The molecule has 3 heterocycles. The molecule has 0 aliphatic carbocycles. The lowest BCUT2D eigenvalue weighted by atomic mass is 9.85. The molecule has 0 bridgehead atoms. The lowest BCUT2D eigenvalue weighted by molar-refractivity contribution is -0.143. The highest BCUT2D eigenvalue weighted by atomic mass is 16.5. The Morgan fingerprint density at radius 2 is 1.42 bits per heavy atom. The van der Waals surface area contributed by atoms with E-state index < -0.39 is 5.54 Å². The zero-order valence-electron chi connectivity index (χ0n) is 20.7. The second-order valence-electron chi connectivity index (χ2n) is 9.80. The van der Waals surface area contributed by atoms with E-state index in [0.717, 1.165) is 11.3 Å². The molecule has 2 aromatic rings. The fraction of sp³-hybridized carbons (Fsp3) is 0.464. The van der Waals surface area contributed by atoms with Crippen molar-refractivity contribution in [3.05, 3.63) is 66.2 Å². The van der Waals surface area contributed by atoms with E-state index in [4.69, 9.17) is 4.74 Å². The highest BCUT2D eigenvalue weighted by molar-refractivity contribution is 5.96. The van der Waals surface area contributed by atoms with Gasteiger partial charge in [-0.3, -0.25) is 14.4 Å². The summed E-state index contributed by atoms with van der Waals surface area (Å²) in [5.74, 6) is 0.0827. The van der Waals surface area contributed by atoms with Crippen LogP contribution in [0.5, 0.6) is 0 Å². The molecule has 5 rings (SSSR count). The summed E-state index contributed by atoms with van der Waals surface area (Å²) < 4.78 is 5.36. The van der Waals surface area contributed by atoms with Crippen LogP contribution < -0.4 is 4.90 Å². The molecule has 3 aliphatic rings. The van der Waals surface area contributed by atoms with Crippen LogP contribution in [-0.4, -0.2) is 90.6 Å². The Balaban J connectivity index is 1.27. The number of rotatable bonds is 6. The number of nitrogens with zero attached hydrogens (tertiary/aromatic N) is 4. The number of carbonyl (C=O) groups excluding carboxylic acids is 3. The van der Waals surface area contributed by atoms with Gasteiger partial charge in [-0.05, 0) is 37.0 Å². The van der Waals surface area contributed by atoms with E-state index in [1.807, 2.05) is 65.6 Å². The van der Waals surface area contributed by atoms with Gasteiger partial charge >= 0.3 is 0 Å². The Morgan fingerprint density at radius 3 is 2.08 bits per heavy atom. The van der Waals surface area contributed by atoms with E-state index >= 15 is 0 Å². The number of ether oxygens (including phenoxy) is 1. The zero-order chi connectivity index (χ0) is 25.0. The van der Waals surface area contributed by atoms with E-state index in [2.05, 4.69) is 4.90 Å². The highest BCUT2D eigenvalue weighted by Gasteiger charge is 2.54. The minimum absolute atomic E-state index is 0.00986. The molecule has 0 unspecified atom stereocenters. The molecule has 1 spiro atoms. The molecule has 0 radical (unpaired) electrons. The number of hydrogen-bond donors (Lipinski definition) is 0. The first-order valence-corrected chi connectivity index (χ1v) is 12.9. The Labute approximate surface area is 212 Å². The maximum absolute atomic E-state index is 13.9. The molecular weight excluding hydrogens is 456 g/mol. The van der Waals surface area contributed by atoms with Crippen LogP contribution in [0.15, 0.2) is 60.7 Å². The van der Waals surface area contributed by atoms with Crippen molar-refractivity contribution in [1.29, 1.82) is 0 Å². The quantitative estimate of drug-likeness (QED) is 0.621. The lowest BCUT2D eigenvalue weighted by Crippen LogP contribution is -2.57. The van der Waals surface area contributed by atoms with E-state index in [0.29, 0.717) is 71.7 Å². The maximum atomic E-state index is 13.9. The van der Waals surface area contributed by atoms with Gasteiger partial charge in [0.05, 0.1) is 19.9 Å². The Morgan fingerprint density at radius 1 is 0.806 bits per heavy atom. The van der Waals surface area contributed by atoms with Crippen molar-refractivity contribution in [3.8, 4) is 0 Å². The molecule has 8 heteroatoms. The van der Waals surface area contributed by atoms with Crippen LogP contribution in [0.25, 0.3) is 0 Å². The third kappa shape index (κ3) is 4.95. The predicted molar refractivity (Wildman–Crippen MR) is 136 cm³/mol. The third-order valence-electron chi connectivity index (χ3n) is 7.69. The lowest BCUT2D eigenvalue weighted by Gasteiger charge is -2.43. The van der Waals surface area contributed by atoms with E-state index in [-0.39, 0.29) is 24.3 Å². The second-order valence-corrected chi connectivity index (χ2v) is 9.80. The van der Waals surface area contributed by atoms with Crippen LogP contribution in [0.1, 0.15) is 24.8 Å². The molecule has 190 valence electrons. The summed E-state index contributed by atoms with van der Waals surface area (Å²) in [7, 11) is 0. The van der Waals surface area contributed by atoms with Gasteiger partial charge in [-0.2, -0.15) is 0 Å². The summed E-state index contributed by atoms with van der Waals surface area (Å²) >= 11 is 0. The highest BCUT2D eigenvalue weighted by Crippen LogP contribution is 2.39. The Kier molecular flexibility index (Phi) is 7.23. The Bertz CT molecular complexity index is 1060. The summed E-state index contributed by atoms with van der Waals surface area (Å²) in [6.07, 6.45) is 2.29. The number of piperidine rings is 1. The number of anilines is 1.